The van der Waals surface area contributed by atoms with Gasteiger partial charge in [-0.2, -0.15) is 0 Å². The van der Waals surface area contributed by atoms with Gasteiger partial charge in [-0.25, -0.2) is 0 Å². The summed E-state index contributed by atoms with van der Waals surface area (Å²) >= 11 is 4.99. The predicted octanol–water partition coefficient (Wildman–Crippen LogP) is 3.43. The van der Waals surface area contributed by atoms with E-state index in [1.165, 1.54) is 12.0 Å². The summed E-state index contributed by atoms with van der Waals surface area (Å²) in [6.45, 7) is 6.68. The van der Waals surface area contributed by atoms with Crippen LogP contribution in [0.25, 0.3) is 0 Å². The molecule has 0 saturated heterocycles. The van der Waals surface area contributed by atoms with Crippen LogP contribution in [0.5, 0.6) is 0 Å². The number of ketones is 1. The minimum Gasteiger partial charge on any atom is -0.382 e. The van der Waals surface area contributed by atoms with Crippen molar-refractivity contribution in [3.63, 3.8) is 0 Å². The molecule has 0 heterocycles. The highest BCUT2D eigenvalue weighted by molar-refractivity contribution is 7.80. The van der Waals surface area contributed by atoms with Crippen LogP contribution in [0.2, 0.25) is 0 Å². The molecule has 0 aromatic rings. The first-order valence-electron chi connectivity index (χ1n) is 6.45. The molecule has 1 aliphatic carbocycles. The summed E-state index contributed by atoms with van der Waals surface area (Å²) in [5.74, 6) is 0.432. The van der Waals surface area contributed by atoms with Gasteiger partial charge in [0.2, 0.25) is 0 Å². The maximum atomic E-state index is 11.7. The van der Waals surface area contributed by atoms with Crippen LogP contribution in [-0.2, 0) is 4.79 Å². The molecule has 18 heavy (non-hydrogen) atoms. The third-order valence-corrected chi connectivity index (χ3v) is 4.02. The topological polar surface area (TPSA) is 29.1 Å². The molecule has 2 nitrogen and oxygen atoms in total. The maximum Gasteiger partial charge on any atom is 0.162 e. The number of carbonyl (C=O) groups is 1. The molecule has 3 heteroatoms. The molecule has 1 atom stereocenters. The van der Waals surface area contributed by atoms with E-state index in [9.17, 15) is 4.79 Å². The molecule has 1 unspecified atom stereocenters. The first-order chi connectivity index (χ1) is 8.36. The minimum absolute atomic E-state index is 0.0727. The van der Waals surface area contributed by atoms with Crippen LogP contribution in [0.15, 0.2) is 23.8 Å². The van der Waals surface area contributed by atoms with Crippen LogP contribution in [0.4, 0.5) is 0 Å². The third-order valence-electron chi connectivity index (χ3n) is 3.68. The van der Waals surface area contributed by atoms with Crippen LogP contribution in [0.3, 0.4) is 0 Å². The second-order valence-electron chi connectivity index (χ2n) is 5.63. The Labute approximate surface area is 116 Å². The van der Waals surface area contributed by atoms with Gasteiger partial charge in [-0.05, 0) is 31.3 Å². The molecule has 0 spiro atoms. The van der Waals surface area contributed by atoms with Gasteiger partial charge in [-0.1, -0.05) is 43.8 Å². The van der Waals surface area contributed by atoms with Crippen molar-refractivity contribution >= 4 is 23.0 Å². The highest BCUT2D eigenvalue weighted by atomic mass is 32.1. The summed E-state index contributed by atoms with van der Waals surface area (Å²) in [7, 11) is 1.75. The van der Waals surface area contributed by atoms with Crippen molar-refractivity contribution in [3.8, 4) is 0 Å². The molecular formula is C15H23NOS. The first kappa shape index (κ1) is 15.1. The fraction of sp³-hybridized carbons (Fsp3) is 0.600. The van der Waals surface area contributed by atoms with E-state index in [0.717, 1.165) is 6.42 Å². The standard InChI is InChI=1S/C15H23NOS/c1-11-6-5-9-15(2,3)13(11)8-7-12(17)10-14(18)16-4/h6-8,13H,5,9-10H2,1-4H3,(H,16,18)/b8-7+. The van der Waals surface area contributed by atoms with E-state index in [1.807, 2.05) is 6.08 Å². The van der Waals surface area contributed by atoms with Gasteiger partial charge in [0, 0.05) is 13.0 Å². The summed E-state index contributed by atoms with van der Waals surface area (Å²) in [5.41, 5.74) is 1.60. The molecule has 1 rings (SSSR count). The van der Waals surface area contributed by atoms with Gasteiger partial charge in [0.05, 0.1) is 11.4 Å². The van der Waals surface area contributed by atoms with Gasteiger partial charge in [0.15, 0.2) is 5.78 Å². The number of carbonyl (C=O) groups excluding carboxylic acids is 1. The Morgan fingerprint density at radius 2 is 2.28 bits per heavy atom. The maximum absolute atomic E-state index is 11.7. The Morgan fingerprint density at radius 1 is 1.61 bits per heavy atom. The fourth-order valence-electron chi connectivity index (χ4n) is 2.49. The number of nitrogens with one attached hydrogen (secondary N) is 1. The predicted molar refractivity (Wildman–Crippen MR) is 80.7 cm³/mol. The Morgan fingerprint density at radius 3 is 2.83 bits per heavy atom. The summed E-state index contributed by atoms with van der Waals surface area (Å²) < 4.78 is 0. The van der Waals surface area contributed by atoms with Crippen molar-refractivity contribution in [3.05, 3.63) is 23.8 Å². The van der Waals surface area contributed by atoms with Crippen molar-refractivity contribution in [2.45, 2.75) is 40.0 Å². The lowest BCUT2D eigenvalue weighted by Gasteiger charge is -2.36. The minimum atomic E-state index is 0.0727. The zero-order chi connectivity index (χ0) is 13.8. The zero-order valence-corrected chi connectivity index (χ0v) is 12.6. The Bertz CT molecular complexity index is 393. The van der Waals surface area contributed by atoms with Gasteiger partial charge >= 0.3 is 0 Å². The lowest BCUT2D eigenvalue weighted by Crippen LogP contribution is -2.26. The van der Waals surface area contributed by atoms with E-state index in [2.05, 4.69) is 32.2 Å². The second-order valence-corrected chi connectivity index (χ2v) is 6.12. The van der Waals surface area contributed by atoms with Crippen molar-refractivity contribution in [2.75, 3.05) is 7.05 Å². The van der Waals surface area contributed by atoms with E-state index in [1.54, 1.807) is 13.1 Å². The zero-order valence-electron chi connectivity index (χ0n) is 11.7. The quantitative estimate of drug-likeness (QED) is 0.480. The number of hydrogen-bond acceptors (Lipinski definition) is 2. The van der Waals surface area contributed by atoms with E-state index < -0.39 is 0 Å². The van der Waals surface area contributed by atoms with Gasteiger partial charge in [0.25, 0.3) is 0 Å². The molecule has 1 aliphatic rings. The van der Waals surface area contributed by atoms with Crippen molar-refractivity contribution in [1.29, 1.82) is 0 Å². The molecule has 0 aliphatic heterocycles. The highest BCUT2D eigenvalue weighted by Gasteiger charge is 2.30. The molecule has 0 amide bonds. The third kappa shape index (κ3) is 4.05. The average molecular weight is 265 g/mol. The monoisotopic (exact) mass is 265 g/mol. The normalized spacial score (nSPS) is 22.7. The van der Waals surface area contributed by atoms with Gasteiger partial charge in [-0.3, -0.25) is 4.79 Å². The summed E-state index contributed by atoms with van der Waals surface area (Å²) in [4.78, 5) is 12.3. The largest absolute Gasteiger partial charge is 0.382 e. The first-order valence-corrected chi connectivity index (χ1v) is 6.86. The van der Waals surface area contributed by atoms with Crippen LogP contribution in [-0.4, -0.2) is 17.8 Å². The Kier molecular flexibility index (Phi) is 5.27. The van der Waals surface area contributed by atoms with Crippen LogP contribution in [0, 0.1) is 11.3 Å². The fourth-order valence-corrected chi connectivity index (χ4v) is 2.63. The lowest BCUT2D eigenvalue weighted by atomic mass is 9.68. The Balaban J connectivity index is 2.70. The second kappa shape index (κ2) is 6.28. The SMILES string of the molecule is CNC(=S)CC(=O)/C=C/C1C(C)=CCCC1(C)C. The van der Waals surface area contributed by atoms with Crippen LogP contribution in [0.1, 0.15) is 40.0 Å². The van der Waals surface area contributed by atoms with Crippen molar-refractivity contribution in [1.82, 2.24) is 5.32 Å². The summed E-state index contributed by atoms with van der Waals surface area (Å²) in [5, 5.41) is 2.82. The van der Waals surface area contributed by atoms with Crippen molar-refractivity contribution in [2.24, 2.45) is 11.3 Å². The number of rotatable bonds is 4. The van der Waals surface area contributed by atoms with Gasteiger partial charge in [0.1, 0.15) is 0 Å². The molecule has 100 valence electrons. The molecule has 0 saturated carbocycles. The smallest absolute Gasteiger partial charge is 0.162 e. The highest BCUT2D eigenvalue weighted by Crippen LogP contribution is 2.41. The van der Waals surface area contributed by atoms with Crippen LogP contribution < -0.4 is 5.32 Å². The average Bonchev–Trinajstić information content (AvgIpc) is 2.27. The molecule has 0 fully saturated rings. The summed E-state index contributed by atoms with van der Waals surface area (Å²) in [6.07, 6.45) is 8.63. The van der Waals surface area contributed by atoms with E-state index in [4.69, 9.17) is 12.2 Å². The van der Waals surface area contributed by atoms with E-state index in [0.29, 0.717) is 17.3 Å². The van der Waals surface area contributed by atoms with Gasteiger partial charge < -0.3 is 5.32 Å². The number of allylic oxidation sites excluding steroid dienone is 4. The van der Waals surface area contributed by atoms with Crippen LogP contribution >= 0.6 is 12.2 Å². The molecular weight excluding hydrogens is 242 g/mol. The number of thiocarbonyl (C=S) groups is 1. The van der Waals surface area contributed by atoms with E-state index in [-0.39, 0.29) is 11.2 Å². The molecule has 0 aromatic heterocycles. The van der Waals surface area contributed by atoms with Gasteiger partial charge in [-0.15, -0.1) is 0 Å². The molecule has 0 bridgehead atoms. The summed E-state index contributed by atoms with van der Waals surface area (Å²) in [6, 6.07) is 0. The molecule has 0 aromatic carbocycles. The van der Waals surface area contributed by atoms with E-state index >= 15 is 0 Å². The number of hydrogen-bond donors (Lipinski definition) is 1. The molecule has 0 radical (unpaired) electrons. The Hall–Kier alpha value is -0.960. The molecule has 1 N–H and O–H groups in total. The lowest BCUT2D eigenvalue weighted by molar-refractivity contribution is -0.113. The van der Waals surface area contributed by atoms with Crippen molar-refractivity contribution < 1.29 is 4.79 Å².